The van der Waals surface area contributed by atoms with E-state index in [2.05, 4.69) is 58.7 Å². The fourth-order valence-electron chi connectivity index (χ4n) is 3.43. The molecule has 0 aliphatic rings. The lowest BCUT2D eigenvalue weighted by atomic mass is 10.1. The molecule has 0 unspecified atom stereocenters. The van der Waals surface area contributed by atoms with Gasteiger partial charge in [-0.25, -0.2) is 4.98 Å². The number of hydrogen-bond acceptors (Lipinski definition) is 7. The Morgan fingerprint density at radius 3 is 2.50 bits per heavy atom. The number of methoxy groups -OCH3 is 1. The highest BCUT2D eigenvalue weighted by Crippen LogP contribution is 2.35. The minimum Gasteiger partial charge on any atom is -0.504 e. The first kappa shape index (κ1) is 24.1. The molecule has 178 valence electrons. The van der Waals surface area contributed by atoms with Crippen LogP contribution >= 0.6 is 38.5 Å². The van der Waals surface area contributed by atoms with Gasteiger partial charge in [-0.3, -0.25) is 4.99 Å². The summed E-state index contributed by atoms with van der Waals surface area (Å²) in [5.41, 5.74) is 4.59. The average molecular weight is 653 g/mol. The van der Waals surface area contributed by atoms with Crippen LogP contribution in [0.5, 0.6) is 11.5 Å². The van der Waals surface area contributed by atoms with Crippen LogP contribution in [0.15, 0.2) is 103 Å². The van der Waals surface area contributed by atoms with Crippen molar-refractivity contribution < 1.29 is 14.3 Å². The fourth-order valence-corrected chi connectivity index (χ4v) is 4.24. The second-order valence-electron chi connectivity index (χ2n) is 7.70. The topological polar surface area (TPSA) is 92.6 Å². The Kier molecular flexibility index (Phi) is 7.10. The fraction of sp³-hybridized carbons (Fsp3) is 0.0370. The lowest BCUT2D eigenvalue weighted by Crippen LogP contribution is -1.89. The quantitative estimate of drug-likeness (QED) is 0.113. The lowest BCUT2D eigenvalue weighted by molar-refractivity contribution is 0.373. The summed E-state index contributed by atoms with van der Waals surface area (Å²) in [5, 5.41) is 19.1. The Bertz CT molecular complexity index is 1610. The number of rotatable bonds is 6. The van der Waals surface area contributed by atoms with Gasteiger partial charge in [0.1, 0.15) is 5.52 Å². The van der Waals surface area contributed by atoms with Crippen molar-refractivity contribution in [1.82, 2.24) is 4.98 Å². The first-order valence-corrected chi connectivity index (χ1v) is 12.6. The second-order valence-corrected chi connectivity index (χ2v) is 9.86. The molecule has 7 nitrogen and oxygen atoms in total. The van der Waals surface area contributed by atoms with Gasteiger partial charge in [-0.2, -0.15) is 10.2 Å². The highest BCUT2D eigenvalue weighted by atomic mass is 127. The van der Waals surface area contributed by atoms with E-state index in [9.17, 15) is 5.11 Å². The third-order valence-electron chi connectivity index (χ3n) is 5.21. The van der Waals surface area contributed by atoms with E-state index < -0.39 is 0 Å². The van der Waals surface area contributed by atoms with Crippen LogP contribution < -0.4 is 4.74 Å². The summed E-state index contributed by atoms with van der Waals surface area (Å²) < 4.78 is 13.3. The van der Waals surface area contributed by atoms with E-state index in [1.54, 1.807) is 18.3 Å². The van der Waals surface area contributed by atoms with Crippen LogP contribution in [0.1, 0.15) is 5.56 Å². The molecule has 0 aliphatic heterocycles. The van der Waals surface area contributed by atoms with Crippen molar-refractivity contribution in [3.8, 4) is 23.0 Å². The van der Waals surface area contributed by atoms with E-state index in [-0.39, 0.29) is 11.5 Å². The van der Waals surface area contributed by atoms with Crippen LogP contribution in [0.4, 0.5) is 17.1 Å². The van der Waals surface area contributed by atoms with Crippen LogP contribution in [0.25, 0.3) is 22.6 Å². The number of aromatic nitrogens is 1. The predicted molar refractivity (Wildman–Crippen MR) is 152 cm³/mol. The molecule has 0 radical (unpaired) electrons. The monoisotopic (exact) mass is 652 g/mol. The number of hydrogen-bond donors (Lipinski definition) is 1. The number of halogens is 2. The normalized spacial score (nSPS) is 11.6. The van der Waals surface area contributed by atoms with Gasteiger partial charge in [0.2, 0.25) is 5.89 Å². The molecule has 0 amide bonds. The van der Waals surface area contributed by atoms with E-state index in [0.717, 1.165) is 13.6 Å². The zero-order valence-corrected chi connectivity index (χ0v) is 22.6. The maximum atomic E-state index is 10.6. The van der Waals surface area contributed by atoms with E-state index in [4.69, 9.17) is 9.15 Å². The van der Waals surface area contributed by atoms with Gasteiger partial charge >= 0.3 is 0 Å². The molecule has 1 aromatic heterocycles. The van der Waals surface area contributed by atoms with E-state index >= 15 is 0 Å². The molecule has 36 heavy (non-hydrogen) atoms. The molecule has 9 heteroatoms. The Labute approximate surface area is 228 Å². The minimum atomic E-state index is -0.0349. The summed E-state index contributed by atoms with van der Waals surface area (Å²) >= 11 is 5.66. The number of aliphatic imine (C=N–C) groups is 1. The van der Waals surface area contributed by atoms with Gasteiger partial charge in [0.05, 0.1) is 24.2 Å². The molecular weight excluding hydrogens is 635 g/mol. The molecule has 0 aliphatic carbocycles. The summed E-state index contributed by atoms with van der Waals surface area (Å²) in [5.74, 6) is 0.793. The molecule has 1 heterocycles. The van der Waals surface area contributed by atoms with Gasteiger partial charge in [-0.15, -0.1) is 0 Å². The van der Waals surface area contributed by atoms with Gasteiger partial charge < -0.3 is 14.3 Å². The second kappa shape index (κ2) is 10.6. The number of fused-ring (bicyclic) bond motifs is 1. The number of aromatic hydroxyl groups is 1. The van der Waals surface area contributed by atoms with Gasteiger partial charge in [0, 0.05) is 31.5 Å². The third kappa shape index (κ3) is 5.47. The third-order valence-corrected chi connectivity index (χ3v) is 6.41. The maximum Gasteiger partial charge on any atom is 0.227 e. The van der Waals surface area contributed by atoms with Crippen molar-refractivity contribution in [3.05, 3.63) is 92.5 Å². The summed E-state index contributed by atoms with van der Waals surface area (Å²) in [6.07, 6.45) is 1.55. The van der Waals surface area contributed by atoms with E-state index in [1.165, 1.54) is 7.11 Å². The Morgan fingerprint density at radius 1 is 0.944 bits per heavy atom. The van der Waals surface area contributed by atoms with E-state index in [0.29, 0.717) is 39.6 Å². The van der Waals surface area contributed by atoms with Gasteiger partial charge in [0.15, 0.2) is 17.1 Å². The Hall–Kier alpha value is -3.57. The SMILES string of the molecule is COc1cc(N=Nc2ccc(Br)cc2)cc(C=Nc2ccc3oc(-c4cccc(I)c4)nc3c2)c1O. The Morgan fingerprint density at radius 2 is 1.72 bits per heavy atom. The molecule has 4 aromatic carbocycles. The number of oxazole rings is 1. The molecule has 0 fully saturated rings. The van der Waals surface area contributed by atoms with Gasteiger partial charge in [-0.1, -0.05) is 22.0 Å². The van der Waals surface area contributed by atoms with Crippen LogP contribution in [0.2, 0.25) is 0 Å². The van der Waals surface area contributed by atoms with Gasteiger partial charge in [0.25, 0.3) is 0 Å². The molecule has 1 N–H and O–H groups in total. The number of benzene rings is 4. The number of nitrogens with zero attached hydrogens (tertiary/aromatic N) is 4. The maximum absolute atomic E-state index is 10.6. The van der Waals surface area contributed by atoms with Crippen molar-refractivity contribution in [2.24, 2.45) is 15.2 Å². The van der Waals surface area contributed by atoms with Crippen LogP contribution in [-0.2, 0) is 0 Å². The molecule has 0 atom stereocenters. The largest absolute Gasteiger partial charge is 0.504 e. The minimum absolute atomic E-state index is 0.0349. The number of azo groups is 1. The molecule has 5 aromatic rings. The molecular formula is C27H18BrIN4O3. The molecule has 5 rings (SSSR count). The summed E-state index contributed by atoms with van der Waals surface area (Å²) in [6, 6.07) is 24.2. The standard InChI is InChI=1S/C27H18BrIN4O3/c1-35-25-14-22(33-32-20-7-5-18(28)6-8-20)12-17(26(25)34)15-30-21-9-10-24-23(13-21)31-27(36-24)16-3-2-4-19(29)11-16/h2-15,34H,1H3. The molecule has 0 bridgehead atoms. The lowest BCUT2D eigenvalue weighted by Gasteiger charge is -2.07. The van der Waals surface area contributed by atoms with Crippen LogP contribution in [0, 0.1) is 3.57 Å². The van der Waals surface area contributed by atoms with Crippen molar-refractivity contribution in [2.45, 2.75) is 0 Å². The van der Waals surface area contributed by atoms with Crippen LogP contribution in [-0.4, -0.2) is 23.4 Å². The van der Waals surface area contributed by atoms with Gasteiger partial charge in [-0.05, 0) is 89.3 Å². The zero-order chi connectivity index (χ0) is 25.1. The first-order valence-electron chi connectivity index (χ1n) is 10.8. The smallest absolute Gasteiger partial charge is 0.227 e. The molecule has 0 spiro atoms. The average Bonchev–Trinajstić information content (AvgIpc) is 3.32. The Balaban J connectivity index is 1.43. The van der Waals surface area contributed by atoms with E-state index in [1.807, 2.05) is 66.7 Å². The van der Waals surface area contributed by atoms with Crippen molar-refractivity contribution >= 4 is 72.9 Å². The van der Waals surface area contributed by atoms with Crippen molar-refractivity contribution in [2.75, 3.05) is 7.11 Å². The number of phenols is 1. The summed E-state index contributed by atoms with van der Waals surface area (Å²) in [7, 11) is 1.48. The predicted octanol–water partition coefficient (Wildman–Crippen LogP) is 8.74. The van der Waals surface area contributed by atoms with Crippen molar-refractivity contribution in [3.63, 3.8) is 0 Å². The molecule has 0 saturated heterocycles. The van der Waals surface area contributed by atoms with Crippen LogP contribution in [0.3, 0.4) is 0 Å². The first-order chi connectivity index (χ1) is 17.5. The van der Waals surface area contributed by atoms with Crippen molar-refractivity contribution in [1.29, 1.82) is 0 Å². The summed E-state index contributed by atoms with van der Waals surface area (Å²) in [4.78, 5) is 9.14. The number of phenolic OH excluding ortho intramolecular Hbond substituents is 1. The molecule has 0 saturated carbocycles. The summed E-state index contributed by atoms with van der Waals surface area (Å²) in [6.45, 7) is 0. The highest BCUT2D eigenvalue weighted by Gasteiger charge is 2.11. The zero-order valence-electron chi connectivity index (χ0n) is 18.9. The highest BCUT2D eigenvalue weighted by molar-refractivity contribution is 14.1. The number of ether oxygens (including phenoxy) is 1.